The van der Waals surface area contributed by atoms with Crippen LogP contribution in [-0.2, 0) is 4.79 Å². The zero-order valence-electron chi connectivity index (χ0n) is 17.9. The van der Waals surface area contributed by atoms with Crippen molar-refractivity contribution in [1.82, 2.24) is 19.6 Å². The molecule has 0 amide bonds. The number of nitrogens with zero attached hydrogens (tertiary/aromatic N) is 4. The molecule has 0 saturated carbocycles. The Bertz CT molecular complexity index is 1440. The average molecular weight is 440 g/mol. The molecule has 2 aliphatic rings. The van der Waals surface area contributed by atoms with Crippen molar-refractivity contribution in [1.29, 1.82) is 0 Å². The maximum absolute atomic E-state index is 13.1. The van der Waals surface area contributed by atoms with Crippen LogP contribution in [0.3, 0.4) is 0 Å². The molecule has 8 heteroatoms. The van der Waals surface area contributed by atoms with Crippen molar-refractivity contribution in [3.8, 4) is 28.8 Å². The van der Waals surface area contributed by atoms with Gasteiger partial charge in [-0.2, -0.15) is 0 Å². The maximum Gasteiger partial charge on any atom is 0.228 e. The molecule has 1 atom stereocenters. The minimum absolute atomic E-state index is 0.0742. The number of phenols is 1. The number of hydrogen-bond acceptors (Lipinski definition) is 7. The van der Waals surface area contributed by atoms with Gasteiger partial charge in [0.1, 0.15) is 23.6 Å². The number of ether oxygens (including phenoxy) is 2. The van der Waals surface area contributed by atoms with Gasteiger partial charge in [0.05, 0.1) is 18.2 Å². The summed E-state index contributed by atoms with van der Waals surface area (Å²) in [6.07, 6.45) is 3.48. The van der Waals surface area contributed by atoms with Gasteiger partial charge in [0.2, 0.25) is 5.88 Å². The van der Waals surface area contributed by atoms with E-state index < -0.39 is 0 Å². The number of Topliss-reactive ketones (excluding diaryl/α,β-unsaturated/α-hetero) is 1. The van der Waals surface area contributed by atoms with E-state index in [1.807, 2.05) is 30.3 Å². The molecule has 1 N–H and O–H groups in total. The standard InChI is InChI=1S/C25H20N4O4/c1-32-15-11-9-14(10-12-15)20-21-18(31)7-4-8-19(21)33-25-22(20)24-27-23(28-29(24)13-26-25)16-5-2-3-6-17(16)30/h2-3,5-6,9-13,20,30H,4,7-8H2,1H3. The first-order valence-electron chi connectivity index (χ1n) is 10.8. The van der Waals surface area contributed by atoms with Crippen molar-refractivity contribution < 1.29 is 19.4 Å². The summed E-state index contributed by atoms with van der Waals surface area (Å²) in [6.45, 7) is 0. The Morgan fingerprint density at radius 1 is 1.12 bits per heavy atom. The second kappa shape index (κ2) is 7.44. The third-order valence-electron chi connectivity index (χ3n) is 6.19. The Hall–Kier alpha value is -4.20. The lowest BCUT2D eigenvalue weighted by molar-refractivity contribution is -0.116. The Morgan fingerprint density at radius 2 is 1.94 bits per heavy atom. The Balaban J connectivity index is 1.60. The van der Waals surface area contributed by atoms with E-state index in [1.165, 1.54) is 0 Å². The highest BCUT2D eigenvalue weighted by Gasteiger charge is 2.39. The molecule has 2 aromatic heterocycles. The summed E-state index contributed by atoms with van der Waals surface area (Å²) < 4.78 is 13.0. The van der Waals surface area contributed by atoms with Crippen LogP contribution in [0.5, 0.6) is 17.4 Å². The summed E-state index contributed by atoms with van der Waals surface area (Å²) in [7, 11) is 1.62. The van der Waals surface area contributed by atoms with Gasteiger partial charge < -0.3 is 14.6 Å². The zero-order chi connectivity index (χ0) is 22.5. The van der Waals surface area contributed by atoms with E-state index in [0.29, 0.717) is 52.7 Å². The number of aromatic hydroxyl groups is 1. The quantitative estimate of drug-likeness (QED) is 0.513. The van der Waals surface area contributed by atoms with E-state index in [2.05, 4.69) is 10.1 Å². The van der Waals surface area contributed by atoms with Gasteiger partial charge in [-0.05, 0) is 36.2 Å². The lowest BCUT2D eigenvalue weighted by Gasteiger charge is -2.32. The van der Waals surface area contributed by atoms with Crippen LogP contribution in [-0.4, -0.2) is 37.6 Å². The van der Waals surface area contributed by atoms with Crippen molar-refractivity contribution >= 4 is 11.4 Å². The SMILES string of the molecule is COc1ccc(C2C3=C(CCCC3=O)Oc3ncn4nc(-c5ccccc5O)nc4c32)cc1. The van der Waals surface area contributed by atoms with Crippen molar-refractivity contribution in [3.05, 3.63) is 77.3 Å². The van der Waals surface area contributed by atoms with Gasteiger partial charge in [-0.15, -0.1) is 5.10 Å². The molecule has 8 nitrogen and oxygen atoms in total. The number of methoxy groups -OCH3 is 1. The first-order valence-corrected chi connectivity index (χ1v) is 10.8. The number of fused-ring (bicyclic) bond motifs is 3. The first kappa shape index (κ1) is 19.5. The molecular weight excluding hydrogens is 420 g/mol. The van der Waals surface area contributed by atoms with E-state index in [9.17, 15) is 9.90 Å². The van der Waals surface area contributed by atoms with Gasteiger partial charge in [0.15, 0.2) is 17.3 Å². The molecular formula is C25H20N4O4. The molecule has 1 aliphatic heterocycles. The summed E-state index contributed by atoms with van der Waals surface area (Å²) in [6, 6.07) is 14.6. The average Bonchev–Trinajstić information content (AvgIpc) is 3.27. The molecule has 164 valence electrons. The number of hydrogen-bond donors (Lipinski definition) is 1. The van der Waals surface area contributed by atoms with Crippen LogP contribution in [0.1, 0.15) is 36.3 Å². The zero-order valence-corrected chi connectivity index (χ0v) is 17.9. The van der Waals surface area contributed by atoms with Crippen LogP contribution >= 0.6 is 0 Å². The second-order valence-corrected chi connectivity index (χ2v) is 8.11. The fourth-order valence-corrected chi connectivity index (χ4v) is 4.62. The number of para-hydroxylation sites is 1. The maximum atomic E-state index is 13.1. The Labute approximate surface area is 189 Å². The van der Waals surface area contributed by atoms with Gasteiger partial charge in [0, 0.05) is 24.3 Å². The molecule has 0 saturated heterocycles. The number of rotatable bonds is 3. The van der Waals surface area contributed by atoms with Crippen LogP contribution in [0.25, 0.3) is 17.0 Å². The second-order valence-electron chi connectivity index (χ2n) is 8.11. The lowest BCUT2D eigenvalue weighted by atomic mass is 9.78. The molecule has 0 fully saturated rings. The fourth-order valence-electron chi connectivity index (χ4n) is 4.62. The molecule has 6 rings (SSSR count). The van der Waals surface area contributed by atoms with Crippen molar-refractivity contribution in [2.75, 3.05) is 7.11 Å². The molecule has 0 radical (unpaired) electrons. The Kier molecular flexibility index (Phi) is 4.39. The van der Waals surface area contributed by atoms with Crippen molar-refractivity contribution in [2.24, 2.45) is 0 Å². The first-order chi connectivity index (χ1) is 16.1. The van der Waals surface area contributed by atoms with Crippen LogP contribution in [0.15, 0.2) is 66.2 Å². The predicted octanol–water partition coefficient (Wildman–Crippen LogP) is 4.04. The largest absolute Gasteiger partial charge is 0.507 e. The van der Waals surface area contributed by atoms with Crippen molar-refractivity contribution in [2.45, 2.75) is 25.2 Å². The summed E-state index contributed by atoms with van der Waals surface area (Å²) >= 11 is 0. The van der Waals surface area contributed by atoms with Gasteiger partial charge in [-0.25, -0.2) is 14.5 Å². The van der Waals surface area contributed by atoms with Gasteiger partial charge in [-0.1, -0.05) is 24.3 Å². The molecule has 0 bridgehead atoms. The van der Waals surface area contributed by atoms with Gasteiger partial charge >= 0.3 is 0 Å². The van der Waals surface area contributed by atoms with E-state index in [-0.39, 0.29) is 17.5 Å². The third kappa shape index (κ3) is 3.06. The molecule has 33 heavy (non-hydrogen) atoms. The minimum atomic E-state index is -0.389. The predicted molar refractivity (Wildman–Crippen MR) is 119 cm³/mol. The number of carbonyl (C=O) groups excluding carboxylic acids is 1. The van der Waals surface area contributed by atoms with Crippen LogP contribution in [0.4, 0.5) is 0 Å². The minimum Gasteiger partial charge on any atom is -0.507 e. The van der Waals surface area contributed by atoms with E-state index in [4.69, 9.17) is 14.5 Å². The lowest BCUT2D eigenvalue weighted by Crippen LogP contribution is -2.26. The highest BCUT2D eigenvalue weighted by atomic mass is 16.5. The van der Waals surface area contributed by atoms with E-state index in [1.54, 1.807) is 36.2 Å². The summed E-state index contributed by atoms with van der Waals surface area (Å²) in [5.41, 5.74) is 3.31. The number of benzene rings is 2. The topological polar surface area (TPSA) is 98.8 Å². The smallest absolute Gasteiger partial charge is 0.228 e. The number of carbonyl (C=O) groups is 1. The van der Waals surface area contributed by atoms with E-state index in [0.717, 1.165) is 17.7 Å². The van der Waals surface area contributed by atoms with Crippen LogP contribution in [0, 0.1) is 0 Å². The van der Waals surface area contributed by atoms with Gasteiger partial charge in [0.25, 0.3) is 0 Å². The molecule has 3 heterocycles. The number of phenolic OH excluding ortho intramolecular Hbond substituents is 1. The van der Waals surface area contributed by atoms with E-state index >= 15 is 0 Å². The third-order valence-corrected chi connectivity index (χ3v) is 6.19. The molecule has 2 aromatic carbocycles. The number of ketones is 1. The highest BCUT2D eigenvalue weighted by molar-refractivity contribution is 6.00. The van der Waals surface area contributed by atoms with Crippen LogP contribution in [0.2, 0.25) is 0 Å². The van der Waals surface area contributed by atoms with Gasteiger partial charge in [-0.3, -0.25) is 4.79 Å². The van der Waals surface area contributed by atoms with Crippen molar-refractivity contribution in [3.63, 3.8) is 0 Å². The summed E-state index contributed by atoms with van der Waals surface area (Å²) in [5, 5.41) is 14.8. The molecule has 1 unspecified atom stereocenters. The Morgan fingerprint density at radius 3 is 2.73 bits per heavy atom. The fraction of sp³-hybridized carbons (Fsp3) is 0.200. The molecule has 0 spiro atoms. The molecule has 1 aliphatic carbocycles. The highest BCUT2D eigenvalue weighted by Crippen LogP contribution is 2.47. The monoisotopic (exact) mass is 440 g/mol. The number of allylic oxidation sites excluding steroid dienone is 2. The number of aromatic nitrogens is 4. The van der Waals surface area contributed by atoms with Crippen LogP contribution < -0.4 is 9.47 Å². The molecule has 4 aromatic rings. The normalized spacial score (nSPS) is 17.5. The summed E-state index contributed by atoms with van der Waals surface area (Å²) in [4.78, 5) is 22.3. The summed E-state index contributed by atoms with van der Waals surface area (Å²) in [5.74, 6) is 1.98.